The summed E-state index contributed by atoms with van der Waals surface area (Å²) in [6.45, 7) is 0.467. The summed E-state index contributed by atoms with van der Waals surface area (Å²) in [7, 11) is 1.63. The van der Waals surface area contributed by atoms with E-state index in [9.17, 15) is 14.7 Å². The van der Waals surface area contributed by atoms with Crippen molar-refractivity contribution < 1.29 is 14.7 Å². The fourth-order valence-electron chi connectivity index (χ4n) is 2.51. The Bertz CT molecular complexity index is 919. The molecule has 3 rings (SSSR count). The standard InChI is InChI=1S/C18H14ClN3O3/c1-22-8-7-18(25,17(22)24)6-5-12-3-2-4-13(9-12)16-20-14(11-23)10-15(19)21-16/h2-4,9-11,25H,7-8H2,1H3. The van der Waals surface area contributed by atoms with Crippen LogP contribution in [0.1, 0.15) is 22.5 Å². The summed E-state index contributed by atoms with van der Waals surface area (Å²) in [5.41, 5.74) is -0.258. The van der Waals surface area contributed by atoms with Crippen LogP contribution < -0.4 is 0 Å². The van der Waals surface area contributed by atoms with E-state index in [0.29, 0.717) is 29.8 Å². The summed E-state index contributed by atoms with van der Waals surface area (Å²) < 4.78 is 0. The predicted molar refractivity (Wildman–Crippen MR) is 91.9 cm³/mol. The fraction of sp³-hybridized carbons (Fsp3) is 0.222. The molecule has 0 radical (unpaired) electrons. The Morgan fingerprint density at radius 1 is 1.36 bits per heavy atom. The van der Waals surface area contributed by atoms with E-state index < -0.39 is 11.5 Å². The van der Waals surface area contributed by atoms with Crippen LogP contribution in [-0.2, 0) is 4.79 Å². The molecule has 126 valence electrons. The number of halogens is 1. The molecular formula is C18H14ClN3O3. The summed E-state index contributed by atoms with van der Waals surface area (Å²) in [5.74, 6) is 5.39. The zero-order valence-electron chi connectivity index (χ0n) is 13.4. The molecule has 1 amide bonds. The average molecular weight is 356 g/mol. The molecule has 25 heavy (non-hydrogen) atoms. The lowest BCUT2D eigenvalue weighted by Crippen LogP contribution is -2.37. The van der Waals surface area contributed by atoms with Crippen LogP contribution in [0.5, 0.6) is 0 Å². The van der Waals surface area contributed by atoms with Gasteiger partial charge in [0, 0.05) is 37.2 Å². The molecule has 6 nitrogen and oxygen atoms in total. The molecule has 0 aliphatic carbocycles. The first kappa shape index (κ1) is 17.1. The number of benzene rings is 1. The number of likely N-dealkylation sites (N-methyl/N-ethyl adjacent to an activating group) is 1. The van der Waals surface area contributed by atoms with Gasteiger partial charge in [-0.3, -0.25) is 9.59 Å². The van der Waals surface area contributed by atoms with Gasteiger partial charge in [0.1, 0.15) is 10.8 Å². The van der Waals surface area contributed by atoms with E-state index in [-0.39, 0.29) is 17.3 Å². The summed E-state index contributed by atoms with van der Waals surface area (Å²) in [5, 5.41) is 10.5. The summed E-state index contributed by atoms with van der Waals surface area (Å²) in [6.07, 6.45) is 0.869. The highest BCUT2D eigenvalue weighted by Crippen LogP contribution is 2.22. The number of amides is 1. The van der Waals surface area contributed by atoms with Gasteiger partial charge in [-0.05, 0) is 12.1 Å². The normalized spacial score (nSPS) is 19.5. The zero-order chi connectivity index (χ0) is 18.0. The highest BCUT2D eigenvalue weighted by Gasteiger charge is 2.42. The van der Waals surface area contributed by atoms with Gasteiger partial charge in [0.2, 0.25) is 5.60 Å². The molecule has 1 aromatic carbocycles. The summed E-state index contributed by atoms with van der Waals surface area (Å²) in [4.78, 5) is 32.5. The maximum Gasteiger partial charge on any atom is 0.267 e. The van der Waals surface area contributed by atoms with E-state index >= 15 is 0 Å². The van der Waals surface area contributed by atoms with Crippen molar-refractivity contribution >= 4 is 23.8 Å². The topological polar surface area (TPSA) is 83.4 Å². The van der Waals surface area contributed by atoms with Gasteiger partial charge in [0.25, 0.3) is 5.91 Å². The molecule has 1 aliphatic rings. The van der Waals surface area contributed by atoms with Crippen LogP contribution in [0.2, 0.25) is 5.15 Å². The van der Waals surface area contributed by atoms with Crippen molar-refractivity contribution in [2.45, 2.75) is 12.0 Å². The Kier molecular flexibility index (Phi) is 4.53. The van der Waals surface area contributed by atoms with Gasteiger partial charge in [-0.1, -0.05) is 35.6 Å². The molecule has 1 aliphatic heterocycles. The third-order valence-electron chi connectivity index (χ3n) is 3.88. The van der Waals surface area contributed by atoms with Crippen LogP contribution in [0, 0.1) is 11.8 Å². The highest BCUT2D eigenvalue weighted by molar-refractivity contribution is 6.29. The molecule has 1 N–H and O–H groups in total. The number of hydrogen-bond donors (Lipinski definition) is 1. The lowest BCUT2D eigenvalue weighted by molar-refractivity contribution is -0.137. The molecule has 0 spiro atoms. The van der Waals surface area contributed by atoms with Crippen molar-refractivity contribution in [3.8, 4) is 23.2 Å². The first-order chi connectivity index (χ1) is 11.9. The quantitative estimate of drug-likeness (QED) is 0.502. The van der Waals surface area contributed by atoms with E-state index in [1.165, 1.54) is 11.0 Å². The summed E-state index contributed by atoms with van der Waals surface area (Å²) in [6, 6.07) is 8.33. The number of carbonyl (C=O) groups excluding carboxylic acids is 2. The fourth-order valence-corrected chi connectivity index (χ4v) is 2.70. The van der Waals surface area contributed by atoms with Crippen molar-refractivity contribution in [3.63, 3.8) is 0 Å². The molecule has 1 unspecified atom stereocenters. The van der Waals surface area contributed by atoms with Crippen LogP contribution in [0.15, 0.2) is 30.3 Å². The van der Waals surface area contributed by atoms with E-state index in [1.807, 2.05) is 0 Å². The van der Waals surface area contributed by atoms with Gasteiger partial charge in [0.15, 0.2) is 12.1 Å². The van der Waals surface area contributed by atoms with E-state index in [0.717, 1.165) is 0 Å². The van der Waals surface area contributed by atoms with Gasteiger partial charge in [-0.2, -0.15) is 0 Å². The molecule has 1 atom stereocenters. The number of carbonyl (C=O) groups is 2. The molecule has 1 saturated heterocycles. The summed E-state index contributed by atoms with van der Waals surface area (Å²) >= 11 is 5.90. The van der Waals surface area contributed by atoms with Crippen molar-refractivity contribution in [1.82, 2.24) is 14.9 Å². The smallest absolute Gasteiger partial charge is 0.267 e. The van der Waals surface area contributed by atoms with Crippen LogP contribution in [0.3, 0.4) is 0 Å². The second-order valence-corrected chi connectivity index (χ2v) is 6.11. The minimum atomic E-state index is -1.65. The van der Waals surface area contributed by atoms with Crippen LogP contribution >= 0.6 is 11.6 Å². The molecule has 1 fully saturated rings. The second-order valence-electron chi connectivity index (χ2n) is 5.72. The Hall–Kier alpha value is -2.75. The molecule has 0 saturated carbocycles. The van der Waals surface area contributed by atoms with Crippen LogP contribution in [0.4, 0.5) is 0 Å². The van der Waals surface area contributed by atoms with E-state index in [1.54, 1.807) is 31.3 Å². The van der Waals surface area contributed by atoms with Gasteiger partial charge in [-0.25, -0.2) is 9.97 Å². The molecule has 0 bridgehead atoms. The van der Waals surface area contributed by atoms with Gasteiger partial charge in [0.05, 0.1) is 0 Å². The molecule has 2 heterocycles. The second kappa shape index (κ2) is 6.63. The largest absolute Gasteiger partial charge is 0.369 e. The Morgan fingerprint density at radius 3 is 2.84 bits per heavy atom. The first-order valence-electron chi connectivity index (χ1n) is 7.52. The minimum Gasteiger partial charge on any atom is -0.369 e. The molecule has 2 aromatic rings. The number of aldehydes is 1. The maximum atomic E-state index is 12.0. The van der Waals surface area contributed by atoms with Gasteiger partial charge in [-0.15, -0.1) is 0 Å². The lowest BCUT2D eigenvalue weighted by Gasteiger charge is -2.13. The van der Waals surface area contributed by atoms with Crippen LogP contribution in [-0.4, -0.2) is 51.4 Å². The molecule has 7 heteroatoms. The highest BCUT2D eigenvalue weighted by atomic mass is 35.5. The van der Waals surface area contributed by atoms with Gasteiger partial charge >= 0.3 is 0 Å². The Balaban J connectivity index is 1.94. The minimum absolute atomic E-state index is 0.164. The Morgan fingerprint density at radius 2 is 2.16 bits per heavy atom. The number of nitrogens with zero attached hydrogens (tertiary/aromatic N) is 3. The predicted octanol–water partition coefficient (Wildman–Crippen LogP) is 1.55. The van der Waals surface area contributed by atoms with Crippen molar-refractivity contribution in [1.29, 1.82) is 0 Å². The van der Waals surface area contributed by atoms with Gasteiger partial charge < -0.3 is 10.0 Å². The molecule has 1 aromatic heterocycles. The number of likely N-dealkylation sites (tertiary alicyclic amines) is 1. The van der Waals surface area contributed by atoms with Crippen molar-refractivity contribution in [2.75, 3.05) is 13.6 Å². The SMILES string of the molecule is CN1CCC(O)(C#Cc2cccc(-c3nc(Cl)cc(C=O)n3)c2)C1=O. The van der Waals surface area contributed by atoms with E-state index in [4.69, 9.17) is 11.6 Å². The number of aromatic nitrogens is 2. The third kappa shape index (κ3) is 3.53. The van der Waals surface area contributed by atoms with Crippen molar-refractivity contribution in [2.24, 2.45) is 0 Å². The van der Waals surface area contributed by atoms with E-state index in [2.05, 4.69) is 21.8 Å². The Labute approximate surface area is 149 Å². The molecular weight excluding hydrogens is 342 g/mol. The van der Waals surface area contributed by atoms with Crippen molar-refractivity contribution in [3.05, 3.63) is 46.7 Å². The average Bonchev–Trinajstić information content (AvgIpc) is 2.88. The maximum absolute atomic E-state index is 12.0. The lowest BCUT2D eigenvalue weighted by atomic mass is 10.0. The zero-order valence-corrected chi connectivity index (χ0v) is 14.1. The number of hydrogen-bond acceptors (Lipinski definition) is 5. The monoisotopic (exact) mass is 355 g/mol. The number of rotatable bonds is 2. The third-order valence-corrected chi connectivity index (χ3v) is 4.07. The first-order valence-corrected chi connectivity index (χ1v) is 7.90. The number of aliphatic hydroxyl groups is 1. The van der Waals surface area contributed by atoms with Crippen LogP contribution in [0.25, 0.3) is 11.4 Å².